The van der Waals surface area contributed by atoms with Gasteiger partial charge in [0.1, 0.15) is 23.0 Å². The largest absolute Gasteiger partial charge is 0.508 e. The van der Waals surface area contributed by atoms with Crippen LogP contribution in [-0.2, 0) is 24.0 Å². The molecular formula is C25H23O8P. The second-order valence-corrected chi connectivity index (χ2v) is 9.77. The van der Waals surface area contributed by atoms with Gasteiger partial charge in [-0.2, -0.15) is 0 Å². The Kier molecular flexibility index (Phi) is 5.60. The lowest BCUT2D eigenvalue weighted by molar-refractivity contribution is 0.0224. The minimum absolute atomic E-state index is 0.0109. The van der Waals surface area contributed by atoms with Crippen LogP contribution in [0.2, 0.25) is 0 Å². The maximum absolute atomic E-state index is 12.8. The molecule has 0 fully saturated rings. The lowest BCUT2D eigenvalue weighted by atomic mass is 9.77. The Labute approximate surface area is 196 Å². The normalized spacial score (nSPS) is 18.0. The quantitative estimate of drug-likeness (QED) is 0.345. The smallest absolute Gasteiger partial charge is 0.367 e. The predicted octanol–water partition coefficient (Wildman–Crippen LogP) is 5.56. The van der Waals surface area contributed by atoms with Crippen LogP contribution >= 0.6 is 7.60 Å². The van der Waals surface area contributed by atoms with E-state index in [1.54, 1.807) is 50.2 Å². The van der Waals surface area contributed by atoms with Gasteiger partial charge in [-0.25, -0.2) is 4.79 Å². The second kappa shape index (κ2) is 8.47. The number of fused-ring (bicyclic) bond motifs is 6. The number of rotatable bonds is 7. The van der Waals surface area contributed by atoms with Gasteiger partial charge in [0.05, 0.1) is 18.8 Å². The number of phenols is 1. The van der Waals surface area contributed by atoms with Crippen molar-refractivity contribution in [3.8, 4) is 23.0 Å². The molecule has 0 amide bonds. The standard InChI is InChI=1S/C25H23O8P/c1-3-30-34(28,31-4-2)15-29-17-10-12-21-23(14-17)32-22-13-16(26)9-11-20(22)25(21)19-8-6-5-7-18(19)24(27)33-25/h5-14,26H,3-4,15H2,1-2H3. The molecule has 3 aromatic rings. The van der Waals surface area contributed by atoms with Gasteiger partial charge < -0.3 is 28.4 Å². The molecule has 0 aliphatic carbocycles. The van der Waals surface area contributed by atoms with E-state index < -0.39 is 19.2 Å². The first-order valence-corrected chi connectivity index (χ1v) is 12.6. The molecule has 1 spiro atoms. The SMILES string of the molecule is CCOP(=O)(COc1ccc2c(c1)Oc1cc(O)ccc1C21OC(=O)c2ccccc21)OCC. The number of hydrogen-bond donors (Lipinski definition) is 1. The van der Waals surface area contributed by atoms with Gasteiger partial charge in [0.2, 0.25) is 0 Å². The van der Waals surface area contributed by atoms with Crippen molar-refractivity contribution in [3.63, 3.8) is 0 Å². The van der Waals surface area contributed by atoms with Gasteiger partial charge in [0.25, 0.3) is 0 Å². The molecule has 2 heterocycles. The zero-order valence-corrected chi connectivity index (χ0v) is 19.5. The molecule has 2 aliphatic heterocycles. The lowest BCUT2D eigenvalue weighted by Crippen LogP contribution is -2.32. The Morgan fingerprint density at radius 3 is 2.32 bits per heavy atom. The number of hydrogen-bond acceptors (Lipinski definition) is 8. The average molecular weight is 482 g/mol. The molecule has 5 rings (SSSR count). The zero-order valence-electron chi connectivity index (χ0n) is 18.6. The topological polar surface area (TPSA) is 101 Å². The average Bonchev–Trinajstić information content (AvgIpc) is 3.11. The van der Waals surface area contributed by atoms with E-state index in [4.69, 9.17) is 23.3 Å². The molecule has 176 valence electrons. The number of benzene rings is 3. The van der Waals surface area contributed by atoms with Crippen molar-refractivity contribution in [1.82, 2.24) is 0 Å². The van der Waals surface area contributed by atoms with Crippen molar-refractivity contribution >= 4 is 13.6 Å². The summed E-state index contributed by atoms with van der Waals surface area (Å²) in [6.45, 7) is 3.90. The summed E-state index contributed by atoms with van der Waals surface area (Å²) >= 11 is 0. The first-order valence-electron chi connectivity index (χ1n) is 10.9. The monoisotopic (exact) mass is 482 g/mol. The molecule has 1 unspecified atom stereocenters. The Morgan fingerprint density at radius 2 is 1.59 bits per heavy atom. The second-order valence-electron chi connectivity index (χ2n) is 7.78. The van der Waals surface area contributed by atoms with Crippen molar-refractivity contribution in [2.75, 3.05) is 19.6 Å². The zero-order chi connectivity index (χ0) is 23.9. The van der Waals surface area contributed by atoms with Crippen LogP contribution < -0.4 is 9.47 Å². The first-order chi connectivity index (χ1) is 16.4. The van der Waals surface area contributed by atoms with Crippen molar-refractivity contribution in [3.05, 3.63) is 82.9 Å². The minimum atomic E-state index is -3.42. The molecule has 8 nitrogen and oxygen atoms in total. The highest BCUT2D eigenvalue weighted by Gasteiger charge is 2.53. The predicted molar refractivity (Wildman–Crippen MR) is 123 cm³/mol. The molecule has 1 atom stereocenters. The summed E-state index contributed by atoms with van der Waals surface area (Å²) in [7, 11) is -3.42. The van der Waals surface area contributed by atoms with Crippen LogP contribution in [0.4, 0.5) is 0 Å². The van der Waals surface area contributed by atoms with Gasteiger partial charge in [0, 0.05) is 28.8 Å². The van der Waals surface area contributed by atoms with E-state index in [9.17, 15) is 14.5 Å². The van der Waals surface area contributed by atoms with Crippen LogP contribution in [0.5, 0.6) is 23.0 Å². The summed E-state index contributed by atoms with van der Waals surface area (Å²) in [5.41, 5.74) is 1.11. The molecule has 0 saturated carbocycles. The molecule has 0 bridgehead atoms. The Bertz CT molecular complexity index is 1310. The van der Waals surface area contributed by atoms with Gasteiger partial charge in [0.15, 0.2) is 11.9 Å². The fourth-order valence-electron chi connectivity index (χ4n) is 4.39. The van der Waals surface area contributed by atoms with Crippen LogP contribution in [0.3, 0.4) is 0 Å². The molecule has 0 aromatic heterocycles. The van der Waals surface area contributed by atoms with E-state index in [0.29, 0.717) is 39.5 Å². The highest BCUT2D eigenvalue weighted by atomic mass is 31.2. The first kappa shape index (κ1) is 22.5. The molecule has 34 heavy (non-hydrogen) atoms. The summed E-state index contributed by atoms with van der Waals surface area (Å²) in [6, 6.07) is 16.9. The molecule has 0 saturated heterocycles. The van der Waals surface area contributed by atoms with Crippen molar-refractivity contribution in [2.24, 2.45) is 0 Å². The molecule has 3 aromatic carbocycles. The number of phenolic OH excluding ortho intramolecular Hbond substituents is 1. The molecule has 0 radical (unpaired) electrons. The molecule has 2 aliphatic rings. The van der Waals surface area contributed by atoms with Crippen molar-refractivity contribution in [1.29, 1.82) is 0 Å². The number of carbonyl (C=O) groups is 1. The number of aromatic hydroxyl groups is 1. The summed E-state index contributed by atoms with van der Waals surface area (Å²) < 4.78 is 41.2. The summed E-state index contributed by atoms with van der Waals surface area (Å²) in [6.07, 6.45) is -0.270. The summed E-state index contributed by atoms with van der Waals surface area (Å²) in [4.78, 5) is 12.8. The van der Waals surface area contributed by atoms with E-state index in [1.807, 2.05) is 12.1 Å². The highest BCUT2D eigenvalue weighted by Crippen LogP contribution is 2.57. The van der Waals surface area contributed by atoms with Crippen LogP contribution in [-0.4, -0.2) is 30.6 Å². The van der Waals surface area contributed by atoms with Crippen LogP contribution in [0.15, 0.2) is 60.7 Å². The highest BCUT2D eigenvalue weighted by molar-refractivity contribution is 7.53. The third-order valence-corrected chi connectivity index (χ3v) is 7.46. The van der Waals surface area contributed by atoms with Crippen molar-refractivity contribution in [2.45, 2.75) is 19.4 Å². The number of carbonyl (C=O) groups excluding carboxylic acids is 1. The number of ether oxygens (including phenoxy) is 3. The molecular weight excluding hydrogens is 459 g/mol. The van der Waals surface area contributed by atoms with Crippen molar-refractivity contribution < 1.29 is 37.7 Å². The van der Waals surface area contributed by atoms with E-state index in [1.165, 1.54) is 12.1 Å². The van der Waals surface area contributed by atoms with E-state index in [2.05, 4.69) is 0 Å². The number of esters is 1. The van der Waals surface area contributed by atoms with E-state index >= 15 is 0 Å². The van der Waals surface area contributed by atoms with Crippen LogP contribution in [0.1, 0.15) is 40.9 Å². The summed E-state index contributed by atoms with van der Waals surface area (Å²) in [5, 5.41) is 10.1. The Balaban J connectivity index is 1.59. The van der Waals surface area contributed by atoms with E-state index in [0.717, 1.165) is 0 Å². The van der Waals surface area contributed by atoms with Gasteiger partial charge in [-0.3, -0.25) is 4.57 Å². The maximum Gasteiger partial charge on any atom is 0.367 e. The minimum Gasteiger partial charge on any atom is -0.508 e. The van der Waals surface area contributed by atoms with E-state index in [-0.39, 0.29) is 25.3 Å². The third kappa shape index (κ3) is 3.55. The Hall–Kier alpha value is -3.32. The molecule has 1 N–H and O–H groups in total. The van der Waals surface area contributed by atoms with Crippen LogP contribution in [0.25, 0.3) is 0 Å². The maximum atomic E-state index is 12.8. The Morgan fingerprint density at radius 1 is 0.912 bits per heavy atom. The van der Waals surface area contributed by atoms with Gasteiger partial charge >= 0.3 is 13.6 Å². The summed E-state index contributed by atoms with van der Waals surface area (Å²) in [5.74, 6) is 0.662. The van der Waals surface area contributed by atoms with Gasteiger partial charge in [-0.1, -0.05) is 18.2 Å². The fourth-order valence-corrected chi connectivity index (χ4v) is 5.71. The lowest BCUT2D eigenvalue weighted by Gasteiger charge is -2.36. The molecule has 9 heteroatoms. The van der Waals surface area contributed by atoms with Gasteiger partial charge in [-0.15, -0.1) is 0 Å². The fraction of sp³-hybridized carbons (Fsp3) is 0.240. The van der Waals surface area contributed by atoms with Gasteiger partial charge in [-0.05, 0) is 44.2 Å². The van der Waals surface area contributed by atoms with Crippen LogP contribution in [0, 0.1) is 0 Å². The third-order valence-electron chi connectivity index (χ3n) is 5.71.